The van der Waals surface area contributed by atoms with Gasteiger partial charge in [0.2, 0.25) is 11.8 Å². The number of imidazole rings is 1. The molecule has 1 aliphatic heterocycles. The van der Waals surface area contributed by atoms with Crippen LogP contribution in [0.15, 0.2) is 30.6 Å². The monoisotopic (exact) mass is 332 g/mol. The summed E-state index contributed by atoms with van der Waals surface area (Å²) < 4.78 is 1.49. The van der Waals surface area contributed by atoms with E-state index in [4.69, 9.17) is 0 Å². The van der Waals surface area contributed by atoms with Crippen LogP contribution in [0.2, 0.25) is 0 Å². The summed E-state index contributed by atoms with van der Waals surface area (Å²) >= 11 is 1.51. The van der Waals surface area contributed by atoms with Gasteiger partial charge in [0.15, 0.2) is 0 Å². The van der Waals surface area contributed by atoms with Gasteiger partial charge in [-0.05, 0) is 26.0 Å². The quantitative estimate of drug-likeness (QED) is 0.876. The molecule has 23 heavy (non-hydrogen) atoms. The van der Waals surface area contributed by atoms with Crippen LogP contribution in [0.25, 0.3) is 5.65 Å². The van der Waals surface area contributed by atoms with Crippen LogP contribution < -0.4 is 10.6 Å². The maximum absolute atomic E-state index is 12.2. The Kier molecular flexibility index (Phi) is 4.30. The summed E-state index contributed by atoms with van der Waals surface area (Å²) in [5.41, 5.74) is 1.83. The number of carbonyl (C=O) groups excluding carboxylic acids is 2. The van der Waals surface area contributed by atoms with Crippen molar-refractivity contribution in [2.75, 3.05) is 12.3 Å². The highest BCUT2D eigenvalue weighted by molar-refractivity contribution is 8.01. The number of thioether (sulfide) groups is 1. The number of hydrogen-bond donors (Lipinski definition) is 2. The number of nitrogens with zero attached hydrogens (tertiary/aromatic N) is 2. The minimum absolute atomic E-state index is 0.0887. The number of pyridine rings is 1. The normalized spacial score (nSPS) is 20.3. The van der Waals surface area contributed by atoms with Gasteiger partial charge >= 0.3 is 0 Å². The molecule has 1 atom stereocenters. The highest BCUT2D eigenvalue weighted by Crippen LogP contribution is 2.28. The van der Waals surface area contributed by atoms with E-state index in [0.717, 1.165) is 11.3 Å². The van der Waals surface area contributed by atoms with E-state index in [2.05, 4.69) is 15.6 Å². The fraction of sp³-hybridized carbons (Fsp3) is 0.438. The van der Waals surface area contributed by atoms with Crippen LogP contribution in [-0.4, -0.2) is 44.3 Å². The van der Waals surface area contributed by atoms with Crippen molar-refractivity contribution in [3.63, 3.8) is 0 Å². The van der Waals surface area contributed by atoms with Crippen molar-refractivity contribution >= 4 is 29.2 Å². The van der Waals surface area contributed by atoms with Crippen LogP contribution >= 0.6 is 11.8 Å². The van der Waals surface area contributed by atoms with Gasteiger partial charge in [-0.25, -0.2) is 4.98 Å². The Labute approximate surface area is 139 Å². The summed E-state index contributed by atoms with van der Waals surface area (Å²) in [7, 11) is 0. The molecule has 0 radical (unpaired) electrons. The van der Waals surface area contributed by atoms with Crippen LogP contribution in [0.4, 0.5) is 0 Å². The van der Waals surface area contributed by atoms with Crippen molar-refractivity contribution in [1.29, 1.82) is 0 Å². The fourth-order valence-electron chi connectivity index (χ4n) is 2.42. The van der Waals surface area contributed by atoms with Crippen molar-refractivity contribution in [3.8, 4) is 0 Å². The Hall–Kier alpha value is -2.02. The molecule has 7 heteroatoms. The average Bonchev–Trinajstić information content (AvgIpc) is 2.92. The predicted octanol–water partition coefficient (Wildman–Crippen LogP) is 1.00. The number of carbonyl (C=O) groups is 2. The average molecular weight is 332 g/mol. The summed E-state index contributed by atoms with van der Waals surface area (Å²) in [6.07, 6.45) is 4.57. The van der Waals surface area contributed by atoms with Crippen LogP contribution in [-0.2, 0) is 16.0 Å². The van der Waals surface area contributed by atoms with Crippen LogP contribution in [0, 0.1) is 0 Å². The molecular weight excluding hydrogens is 312 g/mol. The number of hydrogen-bond acceptors (Lipinski definition) is 4. The summed E-state index contributed by atoms with van der Waals surface area (Å²) in [4.78, 5) is 28.5. The lowest BCUT2D eigenvalue weighted by Crippen LogP contribution is -2.57. The van der Waals surface area contributed by atoms with E-state index in [9.17, 15) is 9.59 Å². The van der Waals surface area contributed by atoms with Crippen LogP contribution in [0.1, 0.15) is 19.5 Å². The molecule has 3 rings (SSSR count). The molecule has 0 aliphatic carbocycles. The Morgan fingerprint density at radius 1 is 1.52 bits per heavy atom. The van der Waals surface area contributed by atoms with Crippen molar-refractivity contribution in [3.05, 3.63) is 36.3 Å². The SMILES string of the molecule is CC1(C)SC[C@H](C(=O)NCCc2cn3ccccc3n2)NC1=O. The Morgan fingerprint density at radius 2 is 2.35 bits per heavy atom. The summed E-state index contributed by atoms with van der Waals surface area (Å²) in [5, 5.41) is 5.66. The Bertz CT molecular complexity index is 708. The van der Waals surface area contributed by atoms with E-state index in [1.165, 1.54) is 11.8 Å². The number of rotatable bonds is 4. The van der Waals surface area contributed by atoms with Crippen molar-refractivity contribution < 1.29 is 9.59 Å². The third-order valence-corrected chi connectivity index (χ3v) is 5.28. The number of fused-ring (bicyclic) bond motifs is 1. The van der Waals surface area contributed by atoms with Crippen molar-refractivity contribution in [2.45, 2.75) is 31.1 Å². The van der Waals surface area contributed by atoms with Gasteiger partial charge in [-0.2, -0.15) is 0 Å². The molecule has 6 nitrogen and oxygen atoms in total. The van der Waals surface area contributed by atoms with Crippen molar-refractivity contribution in [2.24, 2.45) is 0 Å². The first-order valence-corrected chi connectivity index (χ1v) is 8.59. The second kappa shape index (κ2) is 6.23. The third kappa shape index (κ3) is 3.50. The number of aromatic nitrogens is 2. The molecule has 122 valence electrons. The highest BCUT2D eigenvalue weighted by Gasteiger charge is 2.37. The maximum atomic E-state index is 12.2. The molecule has 1 saturated heterocycles. The molecule has 2 N–H and O–H groups in total. The zero-order valence-corrected chi connectivity index (χ0v) is 14.0. The van der Waals surface area contributed by atoms with Gasteiger partial charge in [0.25, 0.3) is 0 Å². The largest absolute Gasteiger partial charge is 0.354 e. The lowest BCUT2D eigenvalue weighted by atomic mass is 10.1. The Morgan fingerprint density at radius 3 is 3.09 bits per heavy atom. The molecule has 1 fully saturated rings. The predicted molar refractivity (Wildman–Crippen MR) is 90.4 cm³/mol. The van der Waals surface area contributed by atoms with E-state index in [-0.39, 0.29) is 11.8 Å². The molecule has 0 spiro atoms. The fourth-order valence-corrected chi connectivity index (χ4v) is 3.42. The standard InChI is InChI=1S/C16H20N4O2S/c1-16(2)15(22)19-12(10-23-16)14(21)17-7-6-11-9-20-8-4-3-5-13(20)18-11/h3-5,8-9,12H,6-7,10H2,1-2H3,(H,17,21)(H,19,22)/t12-/m1/s1. The lowest BCUT2D eigenvalue weighted by molar-refractivity contribution is -0.129. The first-order chi connectivity index (χ1) is 11.0. The molecule has 2 aromatic heterocycles. The second-order valence-electron chi connectivity index (χ2n) is 6.09. The molecule has 3 heterocycles. The van der Waals surface area contributed by atoms with Crippen LogP contribution in [0.3, 0.4) is 0 Å². The van der Waals surface area contributed by atoms with Gasteiger partial charge < -0.3 is 15.0 Å². The number of nitrogens with one attached hydrogen (secondary N) is 2. The first-order valence-electron chi connectivity index (χ1n) is 7.61. The highest BCUT2D eigenvalue weighted by atomic mass is 32.2. The topological polar surface area (TPSA) is 75.5 Å². The van der Waals surface area contributed by atoms with E-state index in [1.54, 1.807) is 0 Å². The summed E-state index contributed by atoms with van der Waals surface area (Å²) in [6, 6.07) is 5.38. The minimum Gasteiger partial charge on any atom is -0.354 e. The number of amides is 2. The van der Waals surface area contributed by atoms with E-state index in [0.29, 0.717) is 18.7 Å². The molecular formula is C16H20N4O2S. The van der Waals surface area contributed by atoms with E-state index >= 15 is 0 Å². The molecule has 2 amide bonds. The molecule has 2 aromatic rings. The van der Waals surface area contributed by atoms with Gasteiger partial charge in [0, 0.05) is 31.1 Å². The molecule has 1 aliphatic rings. The molecule has 0 aromatic carbocycles. The summed E-state index contributed by atoms with van der Waals surface area (Å²) in [5.74, 6) is 0.373. The second-order valence-corrected chi connectivity index (χ2v) is 7.73. The zero-order valence-electron chi connectivity index (χ0n) is 13.2. The van der Waals surface area contributed by atoms with Gasteiger partial charge in [0.05, 0.1) is 10.4 Å². The molecule has 0 unspecified atom stereocenters. The van der Waals surface area contributed by atoms with E-state index in [1.807, 2.05) is 48.8 Å². The minimum atomic E-state index is -0.465. The Balaban J connectivity index is 1.50. The van der Waals surface area contributed by atoms with Gasteiger partial charge in [-0.3, -0.25) is 9.59 Å². The van der Waals surface area contributed by atoms with E-state index < -0.39 is 10.8 Å². The maximum Gasteiger partial charge on any atom is 0.243 e. The van der Waals surface area contributed by atoms with Crippen molar-refractivity contribution in [1.82, 2.24) is 20.0 Å². The molecule has 0 bridgehead atoms. The van der Waals surface area contributed by atoms with Gasteiger partial charge in [-0.1, -0.05) is 6.07 Å². The summed E-state index contributed by atoms with van der Waals surface area (Å²) in [6.45, 7) is 4.23. The third-order valence-electron chi connectivity index (χ3n) is 3.87. The zero-order chi connectivity index (χ0) is 16.4. The molecule has 0 saturated carbocycles. The van der Waals surface area contributed by atoms with Gasteiger partial charge in [-0.15, -0.1) is 11.8 Å². The first kappa shape index (κ1) is 15.9. The van der Waals surface area contributed by atoms with Crippen LogP contribution in [0.5, 0.6) is 0 Å². The smallest absolute Gasteiger partial charge is 0.243 e. The van der Waals surface area contributed by atoms with Gasteiger partial charge in [0.1, 0.15) is 11.7 Å². The lowest BCUT2D eigenvalue weighted by Gasteiger charge is -2.32.